The molecule has 1 saturated heterocycles. The fourth-order valence-corrected chi connectivity index (χ4v) is 3.76. The summed E-state index contributed by atoms with van der Waals surface area (Å²) in [5.74, 6) is -0.493. The zero-order valence-electron chi connectivity index (χ0n) is 12.8. The van der Waals surface area contributed by atoms with E-state index in [4.69, 9.17) is 4.74 Å². The van der Waals surface area contributed by atoms with Gasteiger partial charge in [-0.05, 0) is 30.0 Å². The summed E-state index contributed by atoms with van der Waals surface area (Å²) in [5.41, 5.74) is 0.700. The van der Waals surface area contributed by atoms with Crippen molar-refractivity contribution in [3.05, 3.63) is 35.6 Å². The van der Waals surface area contributed by atoms with Crippen LogP contribution in [0.3, 0.4) is 0 Å². The number of benzene rings is 1. The number of hydrogen-bond acceptors (Lipinski definition) is 4. The number of ether oxygens (including phenoxy) is 1. The van der Waals surface area contributed by atoms with Gasteiger partial charge < -0.3 is 10.1 Å². The lowest BCUT2D eigenvalue weighted by atomic mass is 10.1. The summed E-state index contributed by atoms with van der Waals surface area (Å²) < 4.78 is 44.1. The summed E-state index contributed by atoms with van der Waals surface area (Å²) in [6.45, 7) is 1.44. The van der Waals surface area contributed by atoms with E-state index in [2.05, 4.69) is 10.0 Å². The zero-order valence-corrected chi connectivity index (χ0v) is 13.6. The molecule has 1 amide bonds. The summed E-state index contributed by atoms with van der Waals surface area (Å²) in [7, 11) is -3.35. The molecule has 1 aliphatic rings. The Morgan fingerprint density at radius 3 is 2.65 bits per heavy atom. The van der Waals surface area contributed by atoms with Crippen molar-refractivity contribution in [3.8, 4) is 0 Å². The second kappa shape index (κ2) is 8.37. The number of rotatable bonds is 8. The quantitative estimate of drug-likeness (QED) is 0.670. The molecule has 0 spiro atoms. The number of hydrogen-bond donors (Lipinski definition) is 2. The molecular formula is C15H21FN2O4S. The van der Waals surface area contributed by atoms with E-state index in [-0.39, 0.29) is 42.9 Å². The highest BCUT2D eigenvalue weighted by atomic mass is 32.2. The monoisotopic (exact) mass is 344 g/mol. The number of amides is 1. The minimum absolute atomic E-state index is 0.0422. The number of halogens is 1. The first kappa shape index (κ1) is 17.8. The van der Waals surface area contributed by atoms with E-state index >= 15 is 0 Å². The summed E-state index contributed by atoms with van der Waals surface area (Å²) in [5, 5.41) is 2.63. The Hall–Kier alpha value is -1.51. The largest absolute Gasteiger partial charge is 0.381 e. The molecule has 2 N–H and O–H groups in total. The maximum absolute atomic E-state index is 12.8. The number of carbonyl (C=O) groups is 1. The highest BCUT2D eigenvalue weighted by Gasteiger charge is 2.22. The third-order valence-electron chi connectivity index (χ3n) is 3.53. The summed E-state index contributed by atoms with van der Waals surface area (Å²) >= 11 is 0. The van der Waals surface area contributed by atoms with Crippen LogP contribution in [0.4, 0.5) is 4.39 Å². The maximum Gasteiger partial charge on any atom is 0.224 e. The summed E-state index contributed by atoms with van der Waals surface area (Å²) in [4.78, 5) is 11.7. The molecule has 0 aliphatic carbocycles. The summed E-state index contributed by atoms with van der Waals surface area (Å²) in [6, 6.07) is 5.68. The van der Waals surface area contributed by atoms with Crippen molar-refractivity contribution >= 4 is 15.9 Å². The van der Waals surface area contributed by atoms with Crippen molar-refractivity contribution in [3.63, 3.8) is 0 Å². The van der Waals surface area contributed by atoms with Gasteiger partial charge in [-0.15, -0.1) is 0 Å². The molecule has 2 rings (SSSR count). The van der Waals surface area contributed by atoms with Crippen LogP contribution < -0.4 is 10.0 Å². The van der Waals surface area contributed by atoms with Gasteiger partial charge in [-0.2, -0.15) is 0 Å². The van der Waals surface area contributed by atoms with E-state index in [1.165, 1.54) is 12.1 Å². The Balaban J connectivity index is 1.64. The molecule has 6 nitrogen and oxygen atoms in total. The van der Waals surface area contributed by atoms with Crippen molar-refractivity contribution in [1.82, 2.24) is 10.0 Å². The van der Waals surface area contributed by atoms with Crippen LogP contribution in [-0.2, 0) is 26.0 Å². The lowest BCUT2D eigenvalue weighted by Gasteiger charge is -2.10. The molecule has 0 saturated carbocycles. The Labute approximate surface area is 135 Å². The predicted molar refractivity (Wildman–Crippen MR) is 83.8 cm³/mol. The molecule has 1 heterocycles. The second-order valence-corrected chi connectivity index (χ2v) is 7.41. The molecule has 0 unspecified atom stereocenters. The second-order valence-electron chi connectivity index (χ2n) is 5.56. The molecule has 0 aromatic heterocycles. The molecular weight excluding hydrogens is 323 g/mol. The van der Waals surface area contributed by atoms with Crippen molar-refractivity contribution in [2.75, 3.05) is 32.1 Å². The highest BCUT2D eigenvalue weighted by molar-refractivity contribution is 7.89. The fourth-order valence-electron chi connectivity index (χ4n) is 2.34. The molecule has 0 bridgehead atoms. The van der Waals surface area contributed by atoms with Gasteiger partial charge in [0.05, 0.1) is 18.8 Å². The van der Waals surface area contributed by atoms with E-state index in [0.29, 0.717) is 18.8 Å². The van der Waals surface area contributed by atoms with Gasteiger partial charge in [0.25, 0.3) is 0 Å². The van der Waals surface area contributed by atoms with Crippen LogP contribution in [0.25, 0.3) is 0 Å². The van der Waals surface area contributed by atoms with Gasteiger partial charge >= 0.3 is 0 Å². The number of sulfonamides is 1. The molecule has 1 aromatic carbocycles. The molecule has 1 fully saturated rings. The van der Waals surface area contributed by atoms with Gasteiger partial charge in [-0.25, -0.2) is 17.5 Å². The molecule has 1 aliphatic heterocycles. The van der Waals surface area contributed by atoms with Gasteiger partial charge in [0, 0.05) is 19.7 Å². The maximum atomic E-state index is 12.8. The first-order valence-electron chi connectivity index (χ1n) is 7.51. The lowest BCUT2D eigenvalue weighted by Crippen LogP contribution is -2.37. The van der Waals surface area contributed by atoms with Crippen molar-refractivity contribution in [1.29, 1.82) is 0 Å². The van der Waals surface area contributed by atoms with Crippen molar-refractivity contribution in [2.24, 2.45) is 5.92 Å². The Kier molecular flexibility index (Phi) is 6.49. The minimum atomic E-state index is -3.35. The van der Waals surface area contributed by atoms with Gasteiger partial charge in [0.2, 0.25) is 15.9 Å². The van der Waals surface area contributed by atoms with Gasteiger partial charge in [-0.3, -0.25) is 4.79 Å². The van der Waals surface area contributed by atoms with E-state index in [1.54, 1.807) is 12.1 Å². The number of nitrogens with one attached hydrogen (secondary N) is 2. The van der Waals surface area contributed by atoms with Gasteiger partial charge in [-0.1, -0.05) is 12.1 Å². The van der Waals surface area contributed by atoms with E-state index in [0.717, 1.165) is 6.42 Å². The zero-order chi connectivity index (χ0) is 16.7. The normalized spacial score (nSPS) is 18.0. The average molecular weight is 344 g/mol. The molecule has 1 aromatic rings. The molecule has 23 heavy (non-hydrogen) atoms. The van der Waals surface area contributed by atoms with Crippen LogP contribution in [0, 0.1) is 11.7 Å². The number of carbonyl (C=O) groups excluding carboxylic acids is 1. The third kappa shape index (κ3) is 6.64. The molecule has 1 atom stereocenters. The molecule has 0 radical (unpaired) electrons. The standard InChI is InChI=1S/C15H21FN2O4S/c16-14-3-1-12(2-4-14)9-15(19)17-6-7-18-23(20,21)11-13-5-8-22-10-13/h1-4,13,18H,5-11H2,(H,17,19)/t13-/m0/s1. The van der Waals surface area contributed by atoms with Crippen LogP contribution in [0.1, 0.15) is 12.0 Å². The lowest BCUT2D eigenvalue weighted by molar-refractivity contribution is -0.120. The highest BCUT2D eigenvalue weighted by Crippen LogP contribution is 2.13. The van der Waals surface area contributed by atoms with Crippen LogP contribution in [-0.4, -0.2) is 46.4 Å². The Morgan fingerprint density at radius 2 is 2.00 bits per heavy atom. The summed E-state index contributed by atoms with van der Waals surface area (Å²) in [6.07, 6.45) is 0.891. The third-order valence-corrected chi connectivity index (χ3v) is 5.08. The van der Waals surface area contributed by atoms with Crippen LogP contribution in [0.5, 0.6) is 0 Å². The Bertz CT molecular complexity index is 613. The van der Waals surface area contributed by atoms with Gasteiger partial charge in [0.15, 0.2) is 0 Å². The fraction of sp³-hybridized carbons (Fsp3) is 0.533. The smallest absolute Gasteiger partial charge is 0.224 e. The van der Waals surface area contributed by atoms with Crippen LogP contribution in [0.2, 0.25) is 0 Å². The van der Waals surface area contributed by atoms with Gasteiger partial charge in [0.1, 0.15) is 5.82 Å². The van der Waals surface area contributed by atoms with Crippen molar-refractivity contribution in [2.45, 2.75) is 12.8 Å². The SMILES string of the molecule is O=C(Cc1ccc(F)cc1)NCCNS(=O)(=O)C[C@H]1CCOC1. The van der Waals surface area contributed by atoms with Crippen LogP contribution >= 0.6 is 0 Å². The predicted octanol–water partition coefficient (Wildman–Crippen LogP) is 0.440. The molecule has 128 valence electrons. The van der Waals surface area contributed by atoms with E-state index in [9.17, 15) is 17.6 Å². The van der Waals surface area contributed by atoms with Crippen molar-refractivity contribution < 1.29 is 22.3 Å². The van der Waals surface area contributed by atoms with Crippen LogP contribution in [0.15, 0.2) is 24.3 Å². The first-order chi connectivity index (χ1) is 10.9. The minimum Gasteiger partial charge on any atom is -0.381 e. The average Bonchev–Trinajstić information content (AvgIpc) is 2.98. The van der Waals surface area contributed by atoms with E-state index < -0.39 is 10.0 Å². The first-order valence-corrected chi connectivity index (χ1v) is 9.16. The van der Waals surface area contributed by atoms with E-state index in [1.807, 2.05) is 0 Å². The topological polar surface area (TPSA) is 84.5 Å². The molecule has 8 heteroatoms. The Morgan fingerprint density at radius 1 is 1.26 bits per heavy atom.